The van der Waals surface area contributed by atoms with Gasteiger partial charge < -0.3 is 29.5 Å². The Morgan fingerprint density at radius 2 is 1.61 bits per heavy atom. The van der Waals surface area contributed by atoms with E-state index in [0.29, 0.717) is 75.2 Å². The predicted molar refractivity (Wildman–Crippen MR) is 172 cm³/mol. The average Bonchev–Trinajstić information content (AvgIpc) is 3.47. The third-order valence-electron chi connectivity index (χ3n) is 9.17. The monoisotopic (exact) mass is 634 g/mol. The summed E-state index contributed by atoms with van der Waals surface area (Å²) in [5, 5.41) is 2.96. The van der Waals surface area contributed by atoms with Gasteiger partial charge in [-0.3, -0.25) is 14.4 Å². The van der Waals surface area contributed by atoms with Crippen molar-refractivity contribution in [1.82, 2.24) is 25.1 Å². The second kappa shape index (κ2) is 14.9. The number of carbonyl (C=O) groups is 4. The minimum atomic E-state index is -0.766. The van der Waals surface area contributed by atoms with Gasteiger partial charge in [-0.05, 0) is 37.0 Å². The van der Waals surface area contributed by atoms with E-state index in [-0.39, 0.29) is 29.6 Å². The summed E-state index contributed by atoms with van der Waals surface area (Å²) in [6, 6.07) is 10.4. The number of fused-ring (bicyclic) bond motifs is 1. The van der Waals surface area contributed by atoms with E-state index in [0.717, 1.165) is 31.5 Å². The van der Waals surface area contributed by atoms with E-state index in [9.17, 15) is 19.2 Å². The molecule has 2 aromatic rings. The van der Waals surface area contributed by atoms with Gasteiger partial charge in [0, 0.05) is 57.3 Å². The summed E-state index contributed by atoms with van der Waals surface area (Å²) in [5.74, 6) is 1.21. The molecule has 0 radical (unpaired) electrons. The molecule has 0 bridgehead atoms. The van der Waals surface area contributed by atoms with Crippen LogP contribution in [0.15, 0.2) is 36.4 Å². The Morgan fingerprint density at radius 3 is 2.24 bits per heavy atom. The Hall–Kier alpha value is -4.22. The number of esters is 1. The number of rotatable bonds is 12. The number of aromatic nitrogens is 2. The zero-order chi connectivity index (χ0) is 32.8. The van der Waals surface area contributed by atoms with Crippen LogP contribution >= 0.6 is 0 Å². The number of piperidine rings is 1. The lowest BCUT2D eigenvalue weighted by atomic mass is 10.0. The van der Waals surface area contributed by atoms with Crippen LogP contribution in [0.5, 0.6) is 0 Å². The van der Waals surface area contributed by atoms with E-state index >= 15 is 0 Å². The quantitative estimate of drug-likeness (QED) is 0.275. The first-order valence-electron chi connectivity index (χ1n) is 16.6. The number of amides is 3. The van der Waals surface area contributed by atoms with Crippen molar-refractivity contribution in [2.45, 2.75) is 53.0 Å². The van der Waals surface area contributed by atoms with Crippen molar-refractivity contribution in [3.05, 3.63) is 42.1 Å². The minimum absolute atomic E-state index is 0.151. The molecule has 0 spiro atoms. The standard InChI is InChI=1S/C34H46N6O6/c1-5-7-17-46-34(44)39-15-13-38(14-16-39)33(43)30(22(3)4)37-32(42)27-19-28(36-31(35-27)23-11-9-8-10-12-23)40-20-25-24(26(25)21-40)18-29(41)45-6-2/h8-12,19,22,24-26,30H,5-7,13-18,20-21H2,1-4H3,(H,37,42)/t24-,25+,26-,30-/m0/s1. The van der Waals surface area contributed by atoms with Crippen LogP contribution in [0, 0.1) is 23.7 Å². The van der Waals surface area contributed by atoms with Crippen molar-refractivity contribution in [3.63, 3.8) is 0 Å². The molecular weight excluding hydrogens is 588 g/mol. The molecule has 3 fully saturated rings. The predicted octanol–water partition coefficient (Wildman–Crippen LogP) is 3.61. The fraction of sp³-hybridized carbons (Fsp3) is 0.588. The lowest BCUT2D eigenvalue weighted by molar-refractivity contribution is -0.143. The molecule has 3 amide bonds. The van der Waals surface area contributed by atoms with Gasteiger partial charge in [-0.2, -0.15) is 0 Å². The summed E-state index contributed by atoms with van der Waals surface area (Å²) >= 11 is 0. The SMILES string of the molecule is CCCCOC(=O)N1CCN(C(=O)[C@@H](NC(=O)c2cc(N3C[C@@H]4[C@H](CC(=O)OCC)[C@@H]4C3)nc(-c3ccccc3)n2)C(C)C)CC1. The highest BCUT2D eigenvalue weighted by Gasteiger charge is 2.56. The molecule has 1 N–H and O–H groups in total. The summed E-state index contributed by atoms with van der Waals surface area (Å²) in [7, 11) is 0. The van der Waals surface area contributed by atoms with Crippen LogP contribution in [0.1, 0.15) is 57.4 Å². The number of benzene rings is 1. The van der Waals surface area contributed by atoms with E-state index < -0.39 is 11.9 Å². The van der Waals surface area contributed by atoms with Gasteiger partial charge in [-0.15, -0.1) is 0 Å². The average molecular weight is 635 g/mol. The molecule has 4 atom stereocenters. The topological polar surface area (TPSA) is 134 Å². The lowest BCUT2D eigenvalue weighted by Gasteiger charge is -2.36. The van der Waals surface area contributed by atoms with Crippen LogP contribution in [-0.4, -0.2) is 102 Å². The zero-order valence-corrected chi connectivity index (χ0v) is 27.3. The maximum atomic E-state index is 13.8. The second-order valence-corrected chi connectivity index (χ2v) is 12.7. The largest absolute Gasteiger partial charge is 0.466 e. The maximum Gasteiger partial charge on any atom is 0.409 e. The number of nitrogens with one attached hydrogen (secondary N) is 1. The molecule has 46 heavy (non-hydrogen) atoms. The van der Waals surface area contributed by atoms with Gasteiger partial charge >= 0.3 is 12.1 Å². The highest BCUT2D eigenvalue weighted by Crippen LogP contribution is 2.54. The summed E-state index contributed by atoms with van der Waals surface area (Å²) < 4.78 is 10.5. The number of anilines is 1. The first-order valence-corrected chi connectivity index (χ1v) is 16.6. The molecule has 1 aromatic heterocycles. The Labute approximate surface area is 270 Å². The fourth-order valence-electron chi connectivity index (χ4n) is 6.41. The Morgan fingerprint density at radius 1 is 0.935 bits per heavy atom. The fourth-order valence-corrected chi connectivity index (χ4v) is 6.41. The van der Waals surface area contributed by atoms with Gasteiger partial charge in [0.15, 0.2) is 5.82 Å². The first kappa shape index (κ1) is 33.2. The first-order chi connectivity index (χ1) is 22.2. The molecule has 2 saturated heterocycles. The number of hydrogen-bond donors (Lipinski definition) is 1. The highest BCUT2D eigenvalue weighted by molar-refractivity contribution is 5.97. The van der Waals surface area contributed by atoms with Crippen molar-refractivity contribution in [2.24, 2.45) is 23.7 Å². The second-order valence-electron chi connectivity index (χ2n) is 12.7. The number of nitrogens with zero attached hydrogens (tertiary/aromatic N) is 5. The number of carbonyl (C=O) groups excluding carboxylic acids is 4. The molecule has 1 aliphatic carbocycles. The Balaban J connectivity index is 1.27. The van der Waals surface area contributed by atoms with Gasteiger partial charge in [0.2, 0.25) is 5.91 Å². The van der Waals surface area contributed by atoms with E-state index in [1.165, 1.54) is 0 Å². The van der Waals surface area contributed by atoms with Gasteiger partial charge in [0.05, 0.1) is 13.2 Å². The summed E-state index contributed by atoms with van der Waals surface area (Å²) in [5.41, 5.74) is 0.969. The highest BCUT2D eigenvalue weighted by atomic mass is 16.6. The number of piperazine rings is 1. The van der Waals surface area contributed by atoms with Gasteiger partial charge in [-0.1, -0.05) is 57.5 Å². The van der Waals surface area contributed by atoms with Crippen LogP contribution in [-0.2, 0) is 19.1 Å². The molecule has 12 heteroatoms. The molecule has 12 nitrogen and oxygen atoms in total. The number of unbranched alkanes of at least 4 members (excludes halogenated alkanes) is 1. The third-order valence-corrected chi connectivity index (χ3v) is 9.17. The van der Waals surface area contributed by atoms with Crippen molar-refractivity contribution < 1.29 is 28.7 Å². The summed E-state index contributed by atoms with van der Waals surface area (Å²) in [4.78, 5) is 66.7. The van der Waals surface area contributed by atoms with Crippen LogP contribution in [0.25, 0.3) is 11.4 Å². The Bertz CT molecular complexity index is 1380. The minimum Gasteiger partial charge on any atom is -0.466 e. The van der Waals surface area contributed by atoms with Gasteiger partial charge in [0.1, 0.15) is 17.6 Å². The van der Waals surface area contributed by atoms with E-state index in [4.69, 9.17) is 14.5 Å². The summed E-state index contributed by atoms with van der Waals surface area (Å²) in [6.45, 7) is 11.4. The van der Waals surface area contributed by atoms with Crippen molar-refractivity contribution in [3.8, 4) is 11.4 Å². The molecular formula is C34H46N6O6. The maximum absolute atomic E-state index is 13.8. The molecule has 5 rings (SSSR count). The molecule has 3 aliphatic rings. The van der Waals surface area contributed by atoms with Crippen LogP contribution < -0.4 is 10.2 Å². The van der Waals surface area contributed by atoms with Crippen LogP contribution in [0.2, 0.25) is 0 Å². The van der Waals surface area contributed by atoms with Crippen molar-refractivity contribution >= 4 is 29.7 Å². The zero-order valence-electron chi connectivity index (χ0n) is 27.3. The Kier molecular flexibility index (Phi) is 10.7. The van der Waals surface area contributed by atoms with E-state index in [1.54, 1.807) is 15.9 Å². The molecule has 2 aliphatic heterocycles. The van der Waals surface area contributed by atoms with Crippen molar-refractivity contribution in [1.29, 1.82) is 0 Å². The third kappa shape index (κ3) is 7.76. The van der Waals surface area contributed by atoms with Gasteiger partial charge in [-0.25, -0.2) is 14.8 Å². The molecule has 1 saturated carbocycles. The van der Waals surface area contributed by atoms with Gasteiger partial charge in [0.25, 0.3) is 5.91 Å². The summed E-state index contributed by atoms with van der Waals surface area (Å²) in [6.07, 6.45) is 1.84. The molecule has 3 heterocycles. The lowest BCUT2D eigenvalue weighted by Crippen LogP contribution is -2.57. The number of hydrogen-bond acceptors (Lipinski definition) is 9. The van der Waals surface area contributed by atoms with E-state index in [1.807, 2.05) is 58.0 Å². The van der Waals surface area contributed by atoms with Crippen LogP contribution in [0.4, 0.5) is 10.6 Å². The molecule has 1 aromatic carbocycles. The number of ether oxygens (including phenoxy) is 2. The van der Waals surface area contributed by atoms with Crippen molar-refractivity contribution in [2.75, 3.05) is 57.4 Å². The normalized spacial score (nSPS) is 21.1. The molecule has 0 unspecified atom stereocenters. The molecule has 248 valence electrons. The smallest absolute Gasteiger partial charge is 0.409 e. The van der Waals surface area contributed by atoms with E-state index in [2.05, 4.69) is 15.2 Å². The van der Waals surface area contributed by atoms with Crippen LogP contribution in [0.3, 0.4) is 0 Å².